The van der Waals surface area contributed by atoms with Crippen molar-refractivity contribution in [1.82, 2.24) is 0 Å². The summed E-state index contributed by atoms with van der Waals surface area (Å²) in [6.07, 6.45) is 5.45. The Kier molecular flexibility index (Phi) is 11.4. The van der Waals surface area contributed by atoms with Crippen molar-refractivity contribution in [2.24, 2.45) is 17.3 Å². The molecule has 14 nitrogen and oxygen atoms in total. The van der Waals surface area contributed by atoms with Gasteiger partial charge in [0.05, 0.1) is 50.1 Å². The van der Waals surface area contributed by atoms with Crippen molar-refractivity contribution in [2.75, 3.05) is 14.1 Å². The maximum Gasteiger partial charge on any atom is 0.310 e. The molecule has 2 aromatic carbocycles. The number of carboxylic acids is 2. The number of carbonyl (C=O) groups is 6. The number of carboxylic acid groups (broad SMARTS) is 2. The molecule has 0 saturated carbocycles. The van der Waals surface area contributed by atoms with Gasteiger partial charge in [0.1, 0.15) is 13.1 Å². The van der Waals surface area contributed by atoms with Crippen molar-refractivity contribution in [3.8, 4) is 23.0 Å². The van der Waals surface area contributed by atoms with Crippen LogP contribution in [-0.4, -0.2) is 93.3 Å². The summed E-state index contributed by atoms with van der Waals surface area (Å²) in [5, 5.41) is 21.6. The second kappa shape index (κ2) is 15.6. The smallest absolute Gasteiger partial charge is 0.310 e. The SMILES string of the molecule is CC(=O)Oc1ccc(C[N+]2(C)C3CCC2CC(C(CC(=O)O)(C(=O)O)C2CC4CCC(C2)[N+]4(C)Cc2ccc(OC(C)=O)c(OC(C)=O)c2)C3)cc1OC(C)=O. The minimum Gasteiger partial charge on any atom is -0.481 e. The number of quaternary nitrogens is 2. The van der Waals surface area contributed by atoms with Gasteiger partial charge in [-0.25, -0.2) is 0 Å². The molecular formula is C42H54N2O12+2. The van der Waals surface area contributed by atoms with Crippen LogP contribution in [0.5, 0.6) is 23.0 Å². The standard InChI is InChI=1S/C42H52N2O12/c1-24(45)53-36-13-7-28(15-38(36)55-26(3)47)22-43(5)32-9-10-33(43)18-30(17-32)42(41(51)52,21-40(49)50)31-19-34-11-12-35(20-31)44(34,6)23-29-8-14-37(54-25(2)46)39(16-29)56-27(4)48/h7-8,13-16,30-35H,9-12,17-23H2,1-6H3/p+2. The summed E-state index contributed by atoms with van der Waals surface area (Å²) < 4.78 is 22.6. The number of hydrogen-bond acceptors (Lipinski definition) is 10. The first-order chi connectivity index (χ1) is 26.3. The topological polar surface area (TPSA) is 180 Å². The van der Waals surface area contributed by atoms with Crippen LogP contribution in [0.2, 0.25) is 0 Å². The predicted octanol–water partition coefficient (Wildman–Crippen LogP) is 5.41. The van der Waals surface area contributed by atoms with Gasteiger partial charge in [0.2, 0.25) is 0 Å². The normalized spacial score (nSPS) is 30.1. The summed E-state index contributed by atoms with van der Waals surface area (Å²) in [6.45, 7) is 6.27. The highest BCUT2D eigenvalue weighted by molar-refractivity contribution is 5.82. The van der Waals surface area contributed by atoms with Crippen LogP contribution in [0.1, 0.15) is 96.6 Å². The number of nitrogens with zero attached hydrogens (tertiary/aromatic N) is 2. The molecule has 14 heteroatoms. The van der Waals surface area contributed by atoms with E-state index in [4.69, 9.17) is 18.9 Å². The number of ether oxygens (including phenoxy) is 4. The molecule has 0 amide bonds. The van der Waals surface area contributed by atoms with E-state index in [9.17, 15) is 39.0 Å². The molecule has 4 aliphatic heterocycles. The molecule has 2 aromatic rings. The van der Waals surface area contributed by atoms with E-state index in [-0.39, 0.29) is 59.0 Å². The van der Waals surface area contributed by atoms with E-state index in [0.29, 0.717) is 47.7 Å². The van der Waals surface area contributed by atoms with Gasteiger partial charge >= 0.3 is 35.8 Å². The van der Waals surface area contributed by atoms with Crippen molar-refractivity contribution >= 4 is 35.8 Å². The molecule has 4 aliphatic rings. The van der Waals surface area contributed by atoms with Gasteiger partial charge in [-0.3, -0.25) is 28.8 Å². The van der Waals surface area contributed by atoms with Gasteiger partial charge in [0.15, 0.2) is 23.0 Å². The molecule has 56 heavy (non-hydrogen) atoms. The van der Waals surface area contributed by atoms with Gasteiger partial charge in [0.25, 0.3) is 0 Å². The van der Waals surface area contributed by atoms with E-state index < -0.39 is 47.7 Å². The highest BCUT2D eigenvalue weighted by Crippen LogP contribution is 2.59. The predicted molar refractivity (Wildman–Crippen MR) is 199 cm³/mol. The third kappa shape index (κ3) is 7.90. The zero-order valence-corrected chi connectivity index (χ0v) is 33.1. The Morgan fingerprint density at radius 1 is 0.571 bits per heavy atom. The largest absolute Gasteiger partial charge is 0.481 e. The first-order valence-corrected chi connectivity index (χ1v) is 19.5. The number of esters is 4. The van der Waals surface area contributed by atoms with Crippen LogP contribution in [0, 0.1) is 17.3 Å². The van der Waals surface area contributed by atoms with Crippen molar-refractivity contribution in [1.29, 1.82) is 0 Å². The summed E-state index contributed by atoms with van der Waals surface area (Å²) >= 11 is 0. The number of fused-ring (bicyclic) bond motifs is 4. The summed E-state index contributed by atoms with van der Waals surface area (Å²) in [5.74, 6) is -4.32. The van der Waals surface area contributed by atoms with Crippen LogP contribution in [-0.2, 0) is 41.9 Å². The van der Waals surface area contributed by atoms with Crippen molar-refractivity contribution in [3.05, 3.63) is 47.5 Å². The first-order valence-electron chi connectivity index (χ1n) is 19.5. The molecule has 0 aromatic heterocycles. The average molecular weight is 779 g/mol. The number of hydrogen-bond donors (Lipinski definition) is 2. The maximum absolute atomic E-state index is 13.8. The Morgan fingerprint density at radius 2 is 0.893 bits per heavy atom. The summed E-state index contributed by atoms with van der Waals surface area (Å²) in [6, 6.07) is 10.8. The van der Waals surface area contributed by atoms with Gasteiger partial charge < -0.3 is 38.1 Å². The highest BCUT2D eigenvalue weighted by Gasteiger charge is 2.64. The number of aliphatic carboxylic acids is 2. The van der Waals surface area contributed by atoms with Crippen LogP contribution in [0.25, 0.3) is 0 Å². The van der Waals surface area contributed by atoms with E-state index in [1.807, 2.05) is 12.1 Å². The van der Waals surface area contributed by atoms with Gasteiger partial charge in [0, 0.05) is 90.2 Å². The zero-order valence-electron chi connectivity index (χ0n) is 33.1. The number of piperidine rings is 2. The lowest BCUT2D eigenvalue weighted by molar-refractivity contribution is -0.963. The van der Waals surface area contributed by atoms with Gasteiger partial charge in [-0.15, -0.1) is 0 Å². The van der Waals surface area contributed by atoms with Crippen LogP contribution in [0.15, 0.2) is 36.4 Å². The molecule has 4 fully saturated rings. The molecule has 2 N–H and O–H groups in total. The maximum atomic E-state index is 13.8. The summed E-state index contributed by atoms with van der Waals surface area (Å²) in [5.41, 5.74) is 0.325. The number of benzene rings is 2. The molecule has 4 heterocycles. The summed E-state index contributed by atoms with van der Waals surface area (Å²) in [7, 11) is 4.36. The van der Waals surface area contributed by atoms with Crippen LogP contribution in [0.3, 0.4) is 0 Å². The monoisotopic (exact) mass is 778 g/mol. The molecule has 302 valence electrons. The van der Waals surface area contributed by atoms with E-state index in [0.717, 1.165) is 36.8 Å². The number of carbonyl (C=O) groups excluding carboxylic acids is 4. The van der Waals surface area contributed by atoms with Gasteiger partial charge in [-0.1, -0.05) is 0 Å². The zero-order chi connectivity index (χ0) is 40.7. The third-order valence-electron chi connectivity index (χ3n) is 13.6. The lowest BCUT2D eigenvalue weighted by atomic mass is 9.57. The molecule has 0 radical (unpaired) electrons. The van der Waals surface area contributed by atoms with Crippen LogP contribution in [0.4, 0.5) is 0 Å². The van der Waals surface area contributed by atoms with E-state index >= 15 is 0 Å². The van der Waals surface area contributed by atoms with Crippen LogP contribution < -0.4 is 18.9 Å². The minimum absolute atomic E-state index is 0.0966. The second-order valence-corrected chi connectivity index (χ2v) is 17.0. The molecule has 4 bridgehead atoms. The fraction of sp³-hybridized carbons (Fsp3) is 0.571. The second-order valence-electron chi connectivity index (χ2n) is 17.0. The fourth-order valence-electron chi connectivity index (χ4n) is 11.2. The van der Waals surface area contributed by atoms with E-state index in [1.165, 1.54) is 27.7 Å². The Bertz CT molecular complexity index is 1780. The van der Waals surface area contributed by atoms with Gasteiger partial charge in [-0.05, 0) is 48.2 Å². The first kappa shape index (κ1) is 40.8. The molecule has 6 rings (SSSR count). The summed E-state index contributed by atoms with van der Waals surface area (Å²) in [4.78, 5) is 73.6. The van der Waals surface area contributed by atoms with Crippen molar-refractivity contribution < 1.29 is 66.9 Å². The van der Waals surface area contributed by atoms with E-state index in [1.54, 1.807) is 24.3 Å². The fourth-order valence-corrected chi connectivity index (χ4v) is 11.2. The third-order valence-corrected chi connectivity index (χ3v) is 13.6. The number of rotatable bonds is 13. The van der Waals surface area contributed by atoms with Gasteiger partial charge in [-0.2, -0.15) is 0 Å². The Hall–Kier alpha value is -4.82. The molecule has 0 spiro atoms. The molecule has 4 unspecified atom stereocenters. The Balaban J connectivity index is 1.25. The Labute approximate surface area is 326 Å². The Morgan fingerprint density at radius 3 is 1.18 bits per heavy atom. The molecule has 4 atom stereocenters. The van der Waals surface area contributed by atoms with Crippen LogP contribution >= 0.6 is 0 Å². The molecule has 0 aliphatic carbocycles. The molecule has 4 saturated heterocycles. The quantitative estimate of drug-likeness (QED) is 0.150. The highest BCUT2D eigenvalue weighted by atomic mass is 16.6. The molecular weight excluding hydrogens is 724 g/mol. The average Bonchev–Trinajstić information content (AvgIpc) is 3.32. The van der Waals surface area contributed by atoms with E-state index in [2.05, 4.69) is 14.1 Å². The lowest BCUT2D eigenvalue weighted by Crippen LogP contribution is -2.63. The van der Waals surface area contributed by atoms with Crippen molar-refractivity contribution in [3.63, 3.8) is 0 Å². The van der Waals surface area contributed by atoms with Crippen molar-refractivity contribution in [2.45, 2.75) is 123 Å². The minimum atomic E-state index is -1.44. The lowest BCUT2D eigenvalue weighted by Gasteiger charge is -2.55.